The van der Waals surface area contributed by atoms with Crippen LogP contribution >= 0.6 is 11.8 Å². The highest BCUT2D eigenvalue weighted by Crippen LogP contribution is 2.34. The second-order valence-corrected chi connectivity index (χ2v) is 6.03. The lowest BCUT2D eigenvalue weighted by atomic mass is 10.2. The fourth-order valence-electron chi connectivity index (χ4n) is 1.86. The molecule has 1 aromatic carbocycles. The molecule has 9 heteroatoms. The van der Waals surface area contributed by atoms with Crippen molar-refractivity contribution in [2.45, 2.75) is 24.3 Å². The summed E-state index contributed by atoms with van der Waals surface area (Å²) in [6.45, 7) is 3.72. The first-order valence-corrected chi connectivity index (χ1v) is 7.47. The number of thioether (sulfide) groups is 1. The minimum Gasteiger partial charge on any atom is -0.454 e. The van der Waals surface area contributed by atoms with Gasteiger partial charge < -0.3 is 20.6 Å². The quantitative estimate of drug-likeness (QED) is 0.643. The molecule has 0 radical (unpaired) electrons. The van der Waals surface area contributed by atoms with Gasteiger partial charge in [0.05, 0.1) is 5.25 Å². The predicted octanol–water partition coefficient (Wildman–Crippen LogP) is 1.15. The van der Waals surface area contributed by atoms with E-state index in [1.807, 2.05) is 0 Å². The van der Waals surface area contributed by atoms with Crippen molar-refractivity contribution >= 4 is 23.4 Å². The molecule has 3 rings (SSSR count). The molecule has 0 saturated heterocycles. The third-order valence-corrected chi connectivity index (χ3v) is 4.18. The summed E-state index contributed by atoms with van der Waals surface area (Å²) in [5, 5.41) is 10.7. The molecular formula is C13H15N5O3S. The van der Waals surface area contributed by atoms with Crippen LogP contribution in [0, 0.1) is 6.92 Å². The number of aromatic nitrogens is 3. The van der Waals surface area contributed by atoms with Gasteiger partial charge in [-0.3, -0.25) is 4.79 Å². The zero-order valence-electron chi connectivity index (χ0n) is 12.1. The van der Waals surface area contributed by atoms with Crippen LogP contribution in [0.4, 0.5) is 5.69 Å². The Morgan fingerprint density at radius 2 is 2.18 bits per heavy atom. The van der Waals surface area contributed by atoms with Crippen molar-refractivity contribution in [2.24, 2.45) is 0 Å². The smallest absolute Gasteiger partial charge is 0.237 e. The van der Waals surface area contributed by atoms with E-state index in [9.17, 15) is 4.79 Å². The minimum atomic E-state index is -0.378. The Kier molecular flexibility index (Phi) is 3.80. The van der Waals surface area contributed by atoms with Crippen molar-refractivity contribution in [3.63, 3.8) is 0 Å². The highest BCUT2D eigenvalue weighted by Gasteiger charge is 2.20. The van der Waals surface area contributed by atoms with Crippen LogP contribution in [0.2, 0.25) is 0 Å². The average Bonchev–Trinajstić information content (AvgIpc) is 3.08. The molecule has 2 aromatic rings. The predicted molar refractivity (Wildman–Crippen MR) is 81.4 cm³/mol. The Bertz CT molecular complexity index is 718. The van der Waals surface area contributed by atoms with Gasteiger partial charge in [0.15, 0.2) is 11.5 Å². The molecule has 116 valence electrons. The van der Waals surface area contributed by atoms with Gasteiger partial charge in [0, 0.05) is 11.8 Å². The summed E-state index contributed by atoms with van der Waals surface area (Å²) < 4.78 is 11.9. The first-order valence-electron chi connectivity index (χ1n) is 6.59. The number of hydrogen-bond donors (Lipinski definition) is 2. The van der Waals surface area contributed by atoms with Gasteiger partial charge in [-0.05, 0) is 26.0 Å². The molecule has 0 spiro atoms. The minimum absolute atomic E-state index is 0.162. The lowest BCUT2D eigenvalue weighted by molar-refractivity contribution is -0.115. The molecule has 0 aliphatic carbocycles. The van der Waals surface area contributed by atoms with E-state index in [1.54, 1.807) is 32.0 Å². The van der Waals surface area contributed by atoms with Gasteiger partial charge in [0.25, 0.3) is 0 Å². The second-order valence-electron chi connectivity index (χ2n) is 4.72. The summed E-state index contributed by atoms with van der Waals surface area (Å²) >= 11 is 1.24. The molecule has 1 aliphatic heterocycles. The Hall–Kier alpha value is -2.42. The summed E-state index contributed by atoms with van der Waals surface area (Å²) in [5.74, 6) is 7.49. The van der Waals surface area contributed by atoms with Gasteiger partial charge in [-0.25, -0.2) is 4.68 Å². The second kappa shape index (κ2) is 5.76. The standard InChI is InChI=1S/C13H15N5O3S/c1-7(22-13-17-16-8(2)18(13)14)12(19)15-9-3-4-10-11(5-9)21-6-20-10/h3-5,7H,6,14H2,1-2H3,(H,15,19)/t7-/m1/s1. The Balaban J connectivity index is 1.65. The van der Waals surface area contributed by atoms with Gasteiger partial charge in [-0.1, -0.05) is 11.8 Å². The van der Waals surface area contributed by atoms with Gasteiger partial charge in [0.1, 0.15) is 5.82 Å². The zero-order chi connectivity index (χ0) is 15.7. The molecular weight excluding hydrogens is 306 g/mol. The van der Waals surface area contributed by atoms with Gasteiger partial charge in [-0.2, -0.15) is 0 Å². The normalized spacial score (nSPS) is 13.9. The molecule has 0 unspecified atom stereocenters. The molecule has 1 atom stereocenters. The topological polar surface area (TPSA) is 104 Å². The van der Waals surface area contributed by atoms with Crippen molar-refractivity contribution in [2.75, 3.05) is 18.0 Å². The van der Waals surface area contributed by atoms with Crippen LogP contribution in [0.5, 0.6) is 11.5 Å². The van der Waals surface area contributed by atoms with Crippen molar-refractivity contribution in [1.82, 2.24) is 14.9 Å². The molecule has 1 aromatic heterocycles. The third-order valence-electron chi connectivity index (χ3n) is 3.13. The SMILES string of the molecule is Cc1nnc(S[C@H](C)C(=O)Nc2ccc3c(c2)OCO3)n1N. The highest BCUT2D eigenvalue weighted by molar-refractivity contribution is 8.00. The number of hydrogen-bond acceptors (Lipinski definition) is 7. The maximum absolute atomic E-state index is 12.2. The van der Waals surface area contributed by atoms with E-state index in [0.29, 0.717) is 28.2 Å². The average molecular weight is 321 g/mol. The molecule has 0 saturated carbocycles. The van der Waals surface area contributed by atoms with Crippen LogP contribution in [0.15, 0.2) is 23.4 Å². The van der Waals surface area contributed by atoms with E-state index in [-0.39, 0.29) is 18.0 Å². The largest absolute Gasteiger partial charge is 0.454 e. The number of ether oxygens (including phenoxy) is 2. The number of anilines is 1. The number of aryl methyl sites for hydroxylation is 1. The van der Waals surface area contributed by atoms with Crippen LogP contribution in [-0.2, 0) is 4.79 Å². The number of benzene rings is 1. The molecule has 0 bridgehead atoms. The van der Waals surface area contributed by atoms with Crippen LogP contribution in [0.3, 0.4) is 0 Å². The van der Waals surface area contributed by atoms with Crippen molar-refractivity contribution in [3.05, 3.63) is 24.0 Å². The lowest BCUT2D eigenvalue weighted by Gasteiger charge is -2.11. The van der Waals surface area contributed by atoms with Crippen LogP contribution in [0.1, 0.15) is 12.7 Å². The number of nitrogens with one attached hydrogen (secondary N) is 1. The van der Waals surface area contributed by atoms with E-state index in [2.05, 4.69) is 15.5 Å². The Morgan fingerprint density at radius 1 is 1.41 bits per heavy atom. The third kappa shape index (κ3) is 2.80. The van der Waals surface area contributed by atoms with Crippen molar-refractivity contribution in [3.8, 4) is 11.5 Å². The first-order chi connectivity index (χ1) is 10.5. The number of carbonyl (C=O) groups is 1. The number of nitrogens with zero attached hydrogens (tertiary/aromatic N) is 3. The molecule has 22 heavy (non-hydrogen) atoms. The molecule has 1 amide bonds. The maximum Gasteiger partial charge on any atom is 0.237 e. The molecule has 0 fully saturated rings. The number of rotatable bonds is 4. The lowest BCUT2D eigenvalue weighted by Crippen LogP contribution is -2.23. The summed E-state index contributed by atoms with van der Waals surface area (Å²) in [5.41, 5.74) is 0.645. The van der Waals surface area contributed by atoms with E-state index in [4.69, 9.17) is 15.3 Å². The van der Waals surface area contributed by atoms with E-state index >= 15 is 0 Å². The fourth-order valence-corrected chi connectivity index (χ4v) is 2.68. The fraction of sp³-hybridized carbons (Fsp3) is 0.308. The maximum atomic E-state index is 12.2. The summed E-state index contributed by atoms with van der Waals surface area (Å²) in [6.07, 6.45) is 0. The van der Waals surface area contributed by atoms with Crippen LogP contribution < -0.4 is 20.6 Å². The number of fused-ring (bicyclic) bond motifs is 1. The Morgan fingerprint density at radius 3 is 2.91 bits per heavy atom. The highest BCUT2D eigenvalue weighted by atomic mass is 32.2. The first kappa shape index (κ1) is 14.5. The van der Waals surface area contributed by atoms with Crippen molar-refractivity contribution < 1.29 is 14.3 Å². The van der Waals surface area contributed by atoms with Crippen LogP contribution in [0.25, 0.3) is 0 Å². The van der Waals surface area contributed by atoms with Gasteiger partial charge in [-0.15, -0.1) is 10.2 Å². The van der Waals surface area contributed by atoms with E-state index < -0.39 is 0 Å². The molecule has 8 nitrogen and oxygen atoms in total. The molecule has 3 N–H and O–H groups in total. The van der Waals surface area contributed by atoms with E-state index in [0.717, 1.165) is 0 Å². The summed E-state index contributed by atoms with van der Waals surface area (Å²) in [4.78, 5) is 12.2. The van der Waals surface area contributed by atoms with Crippen LogP contribution in [-0.4, -0.2) is 32.8 Å². The monoisotopic (exact) mass is 321 g/mol. The zero-order valence-corrected chi connectivity index (χ0v) is 12.9. The molecule has 1 aliphatic rings. The summed E-state index contributed by atoms with van der Waals surface area (Å²) in [7, 11) is 0. The number of carbonyl (C=O) groups excluding carboxylic acids is 1. The van der Waals surface area contributed by atoms with Gasteiger partial charge in [0.2, 0.25) is 17.9 Å². The number of amides is 1. The number of nitrogens with two attached hydrogens (primary N) is 1. The van der Waals surface area contributed by atoms with Gasteiger partial charge >= 0.3 is 0 Å². The Labute approximate surface area is 131 Å². The molecule has 2 heterocycles. The summed E-state index contributed by atoms with van der Waals surface area (Å²) in [6, 6.07) is 5.25. The van der Waals surface area contributed by atoms with E-state index in [1.165, 1.54) is 16.4 Å². The number of nitrogen functional groups attached to an aromatic ring is 1. The van der Waals surface area contributed by atoms with Crippen molar-refractivity contribution in [1.29, 1.82) is 0 Å².